The number of para-hydroxylation sites is 1. The number of aliphatic imine (C=N–C) groups is 1. The zero-order valence-corrected chi connectivity index (χ0v) is 8.95. The molecule has 0 fully saturated rings. The summed E-state index contributed by atoms with van der Waals surface area (Å²) in [6, 6.07) is 7.44. The molecule has 0 aliphatic carbocycles. The second-order valence-corrected chi connectivity index (χ2v) is 3.28. The first-order valence-corrected chi connectivity index (χ1v) is 4.97. The van der Waals surface area contributed by atoms with E-state index in [1.54, 1.807) is 25.3 Å². The van der Waals surface area contributed by atoms with Gasteiger partial charge in [-0.25, -0.2) is 0 Å². The number of hydrogen-bond acceptors (Lipinski definition) is 5. The largest absolute Gasteiger partial charge is 0.495 e. The maximum absolute atomic E-state index is 9.01. The minimum Gasteiger partial charge on any atom is -0.495 e. The molecule has 1 aromatic rings. The highest BCUT2D eigenvalue weighted by Gasteiger charge is 2.12. The number of anilines is 1. The van der Waals surface area contributed by atoms with Crippen molar-refractivity contribution in [2.45, 2.75) is 0 Å². The topological polar surface area (TPSA) is 69.4 Å². The van der Waals surface area contributed by atoms with E-state index in [1.165, 1.54) is 0 Å². The predicted molar refractivity (Wildman–Crippen MR) is 61.6 cm³/mol. The summed E-state index contributed by atoms with van der Waals surface area (Å²) in [5.41, 5.74) is 1.19. The van der Waals surface area contributed by atoms with Gasteiger partial charge >= 0.3 is 0 Å². The van der Waals surface area contributed by atoms with Crippen LogP contribution in [0.3, 0.4) is 0 Å². The summed E-state index contributed by atoms with van der Waals surface area (Å²) in [5, 5.41) is 15.2. The molecule has 0 spiro atoms. The van der Waals surface area contributed by atoms with Crippen molar-refractivity contribution in [3.63, 3.8) is 0 Å². The lowest BCUT2D eigenvalue weighted by Gasteiger charge is -2.12. The number of ether oxygens (including phenoxy) is 1. The summed E-state index contributed by atoms with van der Waals surface area (Å²) in [6.07, 6.45) is 0. The molecule has 82 valence electrons. The zero-order chi connectivity index (χ0) is 11.4. The van der Waals surface area contributed by atoms with Gasteiger partial charge in [-0.05, 0) is 12.1 Å². The molecule has 1 aromatic carbocycles. The van der Waals surface area contributed by atoms with E-state index in [0.29, 0.717) is 23.0 Å². The third kappa shape index (κ3) is 1.91. The van der Waals surface area contributed by atoms with Crippen LogP contribution in [0.2, 0.25) is 0 Å². The van der Waals surface area contributed by atoms with Gasteiger partial charge in [0.15, 0.2) is 5.96 Å². The SMILES string of the molecule is COc1cccc(C#N)c1NC1=NCCN1. The smallest absolute Gasteiger partial charge is 0.196 e. The predicted octanol–water partition coefficient (Wildman–Crippen LogP) is 0.938. The Labute approximate surface area is 93.8 Å². The van der Waals surface area contributed by atoms with Crippen LogP contribution in [0.5, 0.6) is 5.75 Å². The Morgan fingerprint density at radius 2 is 2.44 bits per heavy atom. The number of nitrogens with zero attached hydrogens (tertiary/aromatic N) is 2. The standard InChI is InChI=1S/C11H12N4O/c1-16-9-4-2-3-8(7-12)10(9)15-11-13-5-6-14-11/h2-4H,5-6H2,1H3,(H2,13,14,15). The molecule has 16 heavy (non-hydrogen) atoms. The van der Waals surface area contributed by atoms with Crippen molar-refractivity contribution in [1.29, 1.82) is 5.26 Å². The van der Waals surface area contributed by atoms with Gasteiger partial charge in [-0.15, -0.1) is 0 Å². The lowest BCUT2D eigenvalue weighted by Crippen LogP contribution is -2.26. The second kappa shape index (κ2) is 4.53. The summed E-state index contributed by atoms with van der Waals surface area (Å²) in [7, 11) is 1.57. The first-order valence-electron chi connectivity index (χ1n) is 4.97. The number of rotatable bonds is 2. The molecule has 5 nitrogen and oxygen atoms in total. The Morgan fingerprint density at radius 3 is 3.06 bits per heavy atom. The lowest BCUT2D eigenvalue weighted by atomic mass is 10.2. The molecule has 0 aromatic heterocycles. The third-order valence-electron chi connectivity index (χ3n) is 2.28. The van der Waals surface area contributed by atoms with Gasteiger partial charge < -0.3 is 15.4 Å². The van der Waals surface area contributed by atoms with Crippen molar-refractivity contribution in [2.75, 3.05) is 25.5 Å². The van der Waals surface area contributed by atoms with E-state index < -0.39 is 0 Å². The molecular weight excluding hydrogens is 204 g/mol. The summed E-state index contributed by atoms with van der Waals surface area (Å²) >= 11 is 0. The fourth-order valence-corrected chi connectivity index (χ4v) is 1.52. The van der Waals surface area contributed by atoms with E-state index >= 15 is 0 Å². The number of benzene rings is 1. The van der Waals surface area contributed by atoms with Crippen LogP contribution in [0.4, 0.5) is 5.69 Å². The monoisotopic (exact) mass is 216 g/mol. The van der Waals surface area contributed by atoms with Crippen molar-refractivity contribution in [1.82, 2.24) is 5.32 Å². The van der Waals surface area contributed by atoms with Crippen molar-refractivity contribution in [3.05, 3.63) is 23.8 Å². The Morgan fingerprint density at radius 1 is 1.56 bits per heavy atom. The number of hydrogen-bond donors (Lipinski definition) is 2. The summed E-state index contributed by atoms with van der Waals surface area (Å²) in [5.74, 6) is 1.32. The van der Waals surface area contributed by atoms with Crippen molar-refractivity contribution >= 4 is 11.6 Å². The molecular formula is C11H12N4O. The van der Waals surface area contributed by atoms with E-state index in [0.717, 1.165) is 13.1 Å². The molecule has 0 unspecified atom stereocenters. The van der Waals surface area contributed by atoms with E-state index in [9.17, 15) is 0 Å². The minimum absolute atomic E-state index is 0.538. The lowest BCUT2D eigenvalue weighted by molar-refractivity contribution is 0.417. The van der Waals surface area contributed by atoms with Gasteiger partial charge in [-0.3, -0.25) is 4.99 Å². The molecule has 2 rings (SSSR count). The Kier molecular flexibility index (Phi) is 2.92. The maximum Gasteiger partial charge on any atom is 0.196 e. The molecule has 2 N–H and O–H groups in total. The molecule has 0 atom stereocenters. The molecule has 1 aliphatic heterocycles. The molecule has 1 heterocycles. The van der Waals surface area contributed by atoms with Gasteiger partial charge in [-0.2, -0.15) is 5.26 Å². The molecule has 0 bridgehead atoms. The summed E-state index contributed by atoms with van der Waals surface area (Å²) in [4.78, 5) is 4.21. The molecule has 0 saturated carbocycles. The molecule has 0 saturated heterocycles. The molecule has 1 aliphatic rings. The Bertz CT molecular complexity index is 462. The number of nitriles is 1. The van der Waals surface area contributed by atoms with Gasteiger partial charge in [0.25, 0.3) is 0 Å². The molecule has 0 amide bonds. The highest BCUT2D eigenvalue weighted by molar-refractivity contribution is 5.97. The van der Waals surface area contributed by atoms with Gasteiger partial charge in [0.2, 0.25) is 0 Å². The van der Waals surface area contributed by atoms with Crippen LogP contribution in [0, 0.1) is 11.3 Å². The third-order valence-corrected chi connectivity index (χ3v) is 2.28. The average molecular weight is 216 g/mol. The zero-order valence-electron chi connectivity index (χ0n) is 8.95. The van der Waals surface area contributed by atoms with Crippen molar-refractivity contribution in [2.24, 2.45) is 4.99 Å². The minimum atomic E-state index is 0.538. The highest BCUT2D eigenvalue weighted by atomic mass is 16.5. The van der Waals surface area contributed by atoms with Gasteiger partial charge in [0.1, 0.15) is 17.5 Å². The van der Waals surface area contributed by atoms with Crippen molar-refractivity contribution in [3.8, 4) is 11.8 Å². The van der Waals surface area contributed by atoms with Crippen LogP contribution in [0.15, 0.2) is 23.2 Å². The van der Waals surface area contributed by atoms with E-state index in [1.807, 2.05) is 0 Å². The fraction of sp³-hybridized carbons (Fsp3) is 0.273. The van der Waals surface area contributed by atoms with Crippen LogP contribution in [0.25, 0.3) is 0 Å². The van der Waals surface area contributed by atoms with Crippen LogP contribution in [-0.4, -0.2) is 26.2 Å². The number of nitrogens with one attached hydrogen (secondary N) is 2. The van der Waals surface area contributed by atoms with Crippen LogP contribution in [0.1, 0.15) is 5.56 Å². The highest BCUT2D eigenvalue weighted by Crippen LogP contribution is 2.27. The first kappa shape index (κ1) is 10.3. The molecule has 0 radical (unpaired) electrons. The quantitative estimate of drug-likeness (QED) is 0.771. The Balaban J connectivity index is 2.33. The average Bonchev–Trinajstić information content (AvgIpc) is 2.82. The van der Waals surface area contributed by atoms with Crippen LogP contribution >= 0.6 is 0 Å². The summed E-state index contributed by atoms with van der Waals surface area (Å²) in [6.45, 7) is 1.57. The van der Waals surface area contributed by atoms with E-state index in [-0.39, 0.29) is 0 Å². The maximum atomic E-state index is 9.01. The Hall–Kier alpha value is -2.22. The fourth-order valence-electron chi connectivity index (χ4n) is 1.52. The van der Waals surface area contributed by atoms with Crippen LogP contribution in [-0.2, 0) is 0 Å². The van der Waals surface area contributed by atoms with E-state index in [2.05, 4.69) is 21.7 Å². The molecule has 5 heteroatoms. The summed E-state index contributed by atoms with van der Waals surface area (Å²) < 4.78 is 5.20. The van der Waals surface area contributed by atoms with Gasteiger partial charge in [0, 0.05) is 6.54 Å². The van der Waals surface area contributed by atoms with Gasteiger partial charge in [-0.1, -0.05) is 6.07 Å². The van der Waals surface area contributed by atoms with Crippen LogP contribution < -0.4 is 15.4 Å². The normalized spacial score (nSPS) is 13.6. The van der Waals surface area contributed by atoms with Gasteiger partial charge in [0.05, 0.1) is 19.2 Å². The van der Waals surface area contributed by atoms with E-state index in [4.69, 9.17) is 10.00 Å². The first-order chi connectivity index (χ1) is 7.85. The number of methoxy groups -OCH3 is 1. The number of guanidine groups is 1. The second-order valence-electron chi connectivity index (χ2n) is 3.28. The van der Waals surface area contributed by atoms with Crippen molar-refractivity contribution < 1.29 is 4.74 Å².